The third-order valence-electron chi connectivity index (χ3n) is 4.24. The van der Waals surface area contributed by atoms with E-state index in [1.165, 1.54) is 32.2 Å². The minimum Gasteiger partial charge on any atom is -0.329 e. The molecule has 0 bridgehead atoms. The van der Waals surface area contributed by atoms with Crippen LogP contribution in [0.25, 0.3) is 0 Å². The number of hydrogen-bond acceptors (Lipinski definition) is 2. The van der Waals surface area contributed by atoms with Gasteiger partial charge < -0.3 is 5.73 Å². The molecule has 1 saturated heterocycles. The van der Waals surface area contributed by atoms with Gasteiger partial charge >= 0.3 is 0 Å². The van der Waals surface area contributed by atoms with E-state index in [1.54, 1.807) is 0 Å². The van der Waals surface area contributed by atoms with Gasteiger partial charge in [-0.25, -0.2) is 0 Å². The Bertz CT molecular complexity index is 187. The lowest BCUT2D eigenvalue weighted by Crippen LogP contribution is -2.44. The Morgan fingerprint density at radius 1 is 1.54 bits per heavy atom. The summed E-state index contributed by atoms with van der Waals surface area (Å²) in [5, 5.41) is 0. The van der Waals surface area contributed by atoms with Gasteiger partial charge in [-0.2, -0.15) is 0 Å². The van der Waals surface area contributed by atoms with Crippen LogP contribution in [0.15, 0.2) is 0 Å². The maximum atomic E-state index is 5.78. The zero-order chi connectivity index (χ0) is 9.47. The summed E-state index contributed by atoms with van der Waals surface area (Å²) in [5.41, 5.74) is 6.41. The van der Waals surface area contributed by atoms with Crippen molar-refractivity contribution < 1.29 is 0 Å². The molecule has 2 heteroatoms. The first-order valence-electron chi connectivity index (χ1n) is 5.63. The van der Waals surface area contributed by atoms with Crippen LogP contribution in [0, 0.1) is 5.41 Å². The molecule has 2 nitrogen and oxygen atoms in total. The van der Waals surface area contributed by atoms with Crippen molar-refractivity contribution in [3.05, 3.63) is 0 Å². The molecule has 0 aromatic heterocycles. The van der Waals surface area contributed by atoms with Gasteiger partial charge in [0.2, 0.25) is 0 Å². The fourth-order valence-electron chi connectivity index (χ4n) is 2.64. The summed E-state index contributed by atoms with van der Waals surface area (Å²) in [6, 6.07) is 1.43. The van der Waals surface area contributed by atoms with E-state index in [2.05, 4.69) is 18.7 Å². The summed E-state index contributed by atoms with van der Waals surface area (Å²) < 4.78 is 0. The largest absolute Gasteiger partial charge is 0.329 e. The molecule has 2 N–H and O–H groups in total. The van der Waals surface area contributed by atoms with Gasteiger partial charge in [-0.3, -0.25) is 4.90 Å². The SMILES string of the molecule is CC(N1CCCC1CN)C1(C)CC1. The molecule has 1 saturated carbocycles. The molecule has 0 spiro atoms. The summed E-state index contributed by atoms with van der Waals surface area (Å²) >= 11 is 0. The monoisotopic (exact) mass is 182 g/mol. The van der Waals surface area contributed by atoms with Crippen molar-refractivity contribution in [3.8, 4) is 0 Å². The van der Waals surface area contributed by atoms with Crippen molar-refractivity contribution in [2.24, 2.45) is 11.1 Å². The Labute approximate surface area is 81.5 Å². The lowest BCUT2D eigenvalue weighted by Gasteiger charge is -2.34. The van der Waals surface area contributed by atoms with Gasteiger partial charge in [-0.1, -0.05) is 6.92 Å². The standard InChI is InChI=1S/C11H22N2/c1-9(11(2)5-6-11)13-7-3-4-10(13)8-12/h9-10H,3-8,12H2,1-2H3. The van der Waals surface area contributed by atoms with Crippen LogP contribution in [0.1, 0.15) is 39.5 Å². The van der Waals surface area contributed by atoms with E-state index < -0.39 is 0 Å². The van der Waals surface area contributed by atoms with Gasteiger partial charge in [0.1, 0.15) is 0 Å². The van der Waals surface area contributed by atoms with E-state index >= 15 is 0 Å². The smallest absolute Gasteiger partial charge is 0.0221 e. The second-order valence-electron chi connectivity index (χ2n) is 5.10. The number of nitrogens with two attached hydrogens (primary N) is 1. The molecule has 0 radical (unpaired) electrons. The Morgan fingerprint density at radius 3 is 2.77 bits per heavy atom. The third kappa shape index (κ3) is 1.62. The first kappa shape index (κ1) is 9.47. The van der Waals surface area contributed by atoms with E-state index in [1.807, 2.05) is 0 Å². The minimum atomic E-state index is 0.623. The number of likely N-dealkylation sites (tertiary alicyclic amines) is 1. The van der Waals surface area contributed by atoms with Crippen molar-refractivity contribution in [1.29, 1.82) is 0 Å². The summed E-state index contributed by atoms with van der Waals surface area (Å²) in [7, 11) is 0. The van der Waals surface area contributed by atoms with Crippen molar-refractivity contribution in [3.63, 3.8) is 0 Å². The van der Waals surface area contributed by atoms with Crippen LogP contribution >= 0.6 is 0 Å². The molecule has 1 aliphatic carbocycles. The maximum absolute atomic E-state index is 5.78. The lowest BCUT2D eigenvalue weighted by molar-refractivity contribution is 0.139. The molecule has 0 aromatic rings. The quantitative estimate of drug-likeness (QED) is 0.718. The second kappa shape index (κ2) is 3.25. The number of rotatable bonds is 3. The molecule has 2 rings (SSSR count). The van der Waals surface area contributed by atoms with Crippen molar-refractivity contribution in [2.45, 2.75) is 51.6 Å². The molecule has 1 heterocycles. The average Bonchev–Trinajstić information content (AvgIpc) is 2.71. The molecule has 13 heavy (non-hydrogen) atoms. The Morgan fingerprint density at radius 2 is 2.23 bits per heavy atom. The fraction of sp³-hybridized carbons (Fsp3) is 1.00. The fourth-order valence-corrected chi connectivity index (χ4v) is 2.64. The molecular formula is C11H22N2. The molecule has 2 unspecified atom stereocenters. The Balaban J connectivity index is 1.98. The van der Waals surface area contributed by atoms with Crippen LogP contribution in [-0.4, -0.2) is 30.1 Å². The lowest BCUT2D eigenvalue weighted by atomic mass is 9.98. The molecule has 2 atom stereocenters. The van der Waals surface area contributed by atoms with Gasteiger partial charge in [0.25, 0.3) is 0 Å². The van der Waals surface area contributed by atoms with Gasteiger partial charge in [0, 0.05) is 18.6 Å². The van der Waals surface area contributed by atoms with Crippen LogP contribution in [0.3, 0.4) is 0 Å². The molecule has 76 valence electrons. The Hall–Kier alpha value is -0.0800. The van der Waals surface area contributed by atoms with Crippen LogP contribution in [0.2, 0.25) is 0 Å². The average molecular weight is 182 g/mol. The van der Waals surface area contributed by atoms with Crippen LogP contribution in [0.5, 0.6) is 0 Å². The van der Waals surface area contributed by atoms with Crippen molar-refractivity contribution >= 4 is 0 Å². The molecule has 0 aromatic carbocycles. The highest BCUT2D eigenvalue weighted by Crippen LogP contribution is 2.50. The summed E-state index contributed by atoms with van der Waals surface area (Å²) in [6.45, 7) is 6.93. The molecule has 2 fully saturated rings. The molecule has 1 aliphatic heterocycles. The zero-order valence-corrected chi connectivity index (χ0v) is 8.92. The number of nitrogens with zero attached hydrogens (tertiary/aromatic N) is 1. The summed E-state index contributed by atoms with van der Waals surface area (Å²) in [5.74, 6) is 0. The molecule has 2 aliphatic rings. The van der Waals surface area contributed by atoms with E-state index in [0.29, 0.717) is 11.5 Å². The van der Waals surface area contributed by atoms with E-state index in [0.717, 1.165) is 12.6 Å². The van der Waals surface area contributed by atoms with Gasteiger partial charge in [-0.05, 0) is 44.6 Å². The highest BCUT2D eigenvalue weighted by molar-refractivity contribution is 5.00. The van der Waals surface area contributed by atoms with Crippen molar-refractivity contribution in [2.75, 3.05) is 13.1 Å². The topological polar surface area (TPSA) is 29.3 Å². The summed E-state index contributed by atoms with van der Waals surface area (Å²) in [4.78, 5) is 2.65. The predicted molar refractivity (Wildman–Crippen MR) is 55.6 cm³/mol. The summed E-state index contributed by atoms with van der Waals surface area (Å²) in [6.07, 6.45) is 5.50. The second-order valence-corrected chi connectivity index (χ2v) is 5.10. The zero-order valence-electron chi connectivity index (χ0n) is 8.92. The van der Waals surface area contributed by atoms with Gasteiger partial charge in [0.15, 0.2) is 0 Å². The normalized spacial score (nSPS) is 34.8. The van der Waals surface area contributed by atoms with E-state index in [4.69, 9.17) is 5.73 Å². The van der Waals surface area contributed by atoms with Crippen LogP contribution < -0.4 is 5.73 Å². The Kier molecular flexibility index (Phi) is 2.37. The van der Waals surface area contributed by atoms with Crippen LogP contribution in [-0.2, 0) is 0 Å². The first-order chi connectivity index (χ1) is 6.17. The van der Waals surface area contributed by atoms with E-state index in [-0.39, 0.29) is 0 Å². The third-order valence-corrected chi connectivity index (χ3v) is 4.24. The molecule has 0 amide bonds. The predicted octanol–water partition coefficient (Wildman–Crippen LogP) is 1.60. The highest BCUT2D eigenvalue weighted by Gasteiger charge is 2.46. The maximum Gasteiger partial charge on any atom is 0.0221 e. The number of hydrogen-bond donors (Lipinski definition) is 1. The highest BCUT2D eigenvalue weighted by atomic mass is 15.2. The first-order valence-corrected chi connectivity index (χ1v) is 5.63. The van der Waals surface area contributed by atoms with Gasteiger partial charge in [-0.15, -0.1) is 0 Å². The van der Waals surface area contributed by atoms with Gasteiger partial charge in [0.05, 0.1) is 0 Å². The minimum absolute atomic E-state index is 0.623. The van der Waals surface area contributed by atoms with Crippen LogP contribution in [0.4, 0.5) is 0 Å². The molecular weight excluding hydrogens is 160 g/mol. The van der Waals surface area contributed by atoms with Crippen molar-refractivity contribution in [1.82, 2.24) is 4.90 Å². The van der Waals surface area contributed by atoms with E-state index in [9.17, 15) is 0 Å².